The highest BCUT2D eigenvalue weighted by Gasteiger charge is 2.23. The largest absolute Gasteiger partial charge is 0.469 e. The summed E-state index contributed by atoms with van der Waals surface area (Å²) >= 11 is 0. The summed E-state index contributed by atoms with van der Waals surface area (Å²) in [5, 5.41) is 7.48. The minimum absolute atomic E-state index is 0.423. The van der Waals surface area contributed by atoms with Crippen LogP contribution in [0.5, 0.6) is 0 Å². The predicted octanol–water partition coefficient (Wildman–Crippen LogP) is 3.03. The summed E-state index contributed by atoms with van der Waals surface area (Å²) in [7, 11) is 1.77. The van der Waals surface area contributed by atoms with E-state index in [1.54, 1.807) is 13.4 Å². The molecule has 6 heteroatoms. The van der Waals surface area contributed by atoms with Gasteiger partial charge in [-0.1, -0.05) is 24.3 Å². The van der Waals surface area contributed by atoms with E-state index in [4.69, 9.17) is 14.1 Å². The molecule has 2 heterocycles. The van der Waals surface area contributed by atoms with Crippen LogP contribution in [0.1, 0.15) is 36.1 Å². The Morgan fingerprint density at radius 1 is 1.06 bits per heavy atom. The fourth-order valence-corrected chi connectivity index (χ4v) is 4.59. The zero-order valence-corrected chi connectivity index (χ0v) is 18.7. The number of rotatable bonds is 8. The van der Waals surface area contributed by atoms with Crippen LogP contribution in [0, 0.1) is 0 Å². The van der Waals surface area contributed by atoms with Crippen LogP contribution in [0.2, 0.25) is 0 Å². The summed E-state index contributed by atoms with van der Waals surface area (Å²) in [6.45, 7) is 4.77. The maximum atomic E-state index is 5.47. The average molecular weight is 425 g/mol. The van der Waals surface area contributed by atoms with Crippen LogP contribution in [0.4, 0.5) is 0 Å². The Morgan fingerprint density at radius 3 is 2.65 bits per heavy atom. The number of aliphatic imine (C=N–C) groups is 1. The Labute approximate surface area is 186 Å². The van der Waals surface area contributed by atoms with Gasteiger partial charge in [0.1, 0.15) is 5.76 Å². The van der Waals surface area contributed by atoms with Crippen molar-refractivity contribution in [2.75, 3.05) is 39.9 Å². The van der Waals surface area contributed by atoms with Gasteiger partial charge in [-0.05, 0) is 55.4 Å². The van der Waals surface area contributed by atoms with Gasteiger partial charge in [-0.2, -0.15) is 0 Å². The Hall–Kier alpha value is -2.31. The smallest absolute Gasteiger partial charge is 0.191 e. The Kier molecular flexibility index (Phi) is 8.02. The second-order valence-electron chi connectivity index (χ2n) is 8.67. The standard InChI is InChI=1S/C25H36N4O2/c1-30-18-16-29-14-11-22(12-15-29)27-25(26-13-10-24-7-4-17-31-24)28-23-9-8-20-5-2-3-6-21(20)19-23/h2-7,17,22-23H,8-16,18-19H2,1H3,(H2,26,27,28). The van der Waals surface area contributed by atoms with E-state index in [-0.39, 0.29) is 0 Å². The zero-order valence-electron chi connectivity index (χ0n) is 18.7. The van der Waals surface area contributed by atoms with Crippen molar-refractivity contribution < 1.29 is 9.15 Å². The number of benzene rings is 1. The molecule has 1 aromatic carbocycles. The number of hydrogen-bond acceptors (Lipinski definition) is 4. The van der Waals surface area contributed by atoms with Crippen molar-refractivity contribution in [1.82, 2.24) is 15.5 Å². The first-order valence-electron chi connectivity index (χ1n) is 11.7. The first kappa shape index (κ1) is 21.9. The van der Waals surface area contributed by atoms with Crippen LogP contribution in [0.25, 0.3) is 0 Å². The molecule has 4 rings (SSSR count). The lowest BCUT2D eigenvalue weighted by atomic mass is 9.88. The highest BCUT2D eigenvalue weighted by molar-refractivity contribution is 5.80. The van der Waals surface area contributed by atoms with E-state index in [0.717, 1.165) is 83.0 Å². The molecule has 0 radical (unpaired) electrons. The highest BCUT2D eigenvalue weighted by atomic mass is 16.5. The van der Waals surface area contributed by atoms with Gasteiger partial charge in [0.05, 0.1) is 12.9 Å². The SMILES string of the molecule is COCCN1CCC(NC(=NCCc2ccco2)NC2CCc3ccccc3C2)CC1. The molecule has 31 heavy (non-hydrogen) atoms. The van der Waals surface area contributed by atoms with Crippen LogP contribution in [0.3, 0.4) is 0 Å². The molecule has 0 spiro atoms. The quantitative estimate of drug-likeness (QED) is 0.504. The summed E-state index contributed by atoms with van der Waals surface area (Å²) < 4.78 is 10.7. The van der Waals surface area contributed by atoms with Crippen LogP contribution in [-0.4, -0.2) is 62.8 Å². The third kappa shape index (κ3) is 6.58. The number of guanidine groups is 1. The fraction of sp³-hybridized carbons (Fsp3) is 0.560. The molecule has 2 aliphatic rings. The van der Waals surface area contributed by atoms with Gasteiger partial charge < -0.3 is 24.7 Å². The molecule has 1 aromatic heterocycles. The number of furan rings is 1. The molecule has 1 aliphatic heterocycles. The summed E-state index contributed by atoms with van der Waals surface area (Å²) in [6.07, 6.45) is 8.16. The lowest BCUT2D eigenvalue weighted by Gasteiger charge is -2.34. The molecule has 1 atom stereocenters. The Balaban J connectivity index is 1.34. The summed E-state index contributed by atoms with van der Waals surface area (Å²) in [4.78, 5) is 7.40. The molecule has 1 aliphatic carbocycles. The van der Waals surface area contributed by atoms with Gasteiger partial charge in [-0.3, -0.25) is 4.99 Å². The highest BCUT2D eigenvalue weighted by Crippen LogP contribution is 2.21. The number of piperidine rings is 1. The van der Waals surface area contributed by atoms with Crippen molar-refractivity contribution in [3.8, 4) is 0 Å². The molecule has 0 bridgehead atoms. The van der Waals surface area contributed by atoms with Gasteiger partial charge in [0.2, 0.25) is 0 Å². The molecular formula is C25H36N4O2. The second kappa shape index (κ2) is 11.3. The third-order valence-electron chi connectivity index (χ3n) is 6.44. The van der Waals surface area contributed by atoms with Gasteiger partial charge in [0, 0.05) is 51.8 Å². The van der Waals surface area contributed by atoms with Crippen molar-refractivity contribution in [3.63, 3.8) is 0 Å². The van der Waals surface area contributed by atoms with Crippen molar-refractivity contribution in [2.45, 2.75) is 50.6 Å². The maximum absolute atomic E-state index is 5.47. The Morgan fingerprint density at radius 2 is 1.87 bits per heavy atom. The number of fused-ring (bicyclic) bond motifs is 1. The topological polar surface area (TPSA) is 62.0 Å². The molecular weight excluding hydrogens is 388 g/mol. The molecule has 168 valence electrons. The number of nitrogens with one attached hydrogen (secondary N) is 2. The minimum atomic E-state index is 0.423. The van der Waals surface area contributed by atoms with E-state index in [2.05, 4.69) is 39.8 Å². The molecule has 1 unspecified atom stereocenters. The zero-order chi connectivity index (χ0) is 21.3. The molecule has 1 fully saturated rings. The number of methoxy groups -OCH3 is 1. The molecule has 6 nitrogen and oxygen atoms in total. The average Bonchev–Trinajstić information content (AvgIpc) is 3.32. The van der Waals surface area contributed by atoms with Gasteiger partial charge in [0.15, 0.2) is 5.96 Å². The normalized spacial score (nSPS) is 20.4. The van der Waals surface area contributed by atoms with Crippen LogP contribution in [-0.2, 0) is 24.0 Å². The summed E-state index contributed by atoms with van der Waals surface area (Å²) in [5.41, 5.74) is 2.96. The van der Waals surface area contributed by atoms with Crippen LogP contribution in [0.15, 0.2) is 52.1 Å². The summed E-state index contributed by atoms with van der Waals surface area (Å²) in [6, 6.07) is 13.7. The number of ether oxygens (including phenoxy) is 1. The number of nitrogens with zero attached hydrogens (tertiary/aromatic N) is 2. The van der Waals surface area contributed by atoms with Gasteiger partial charge in [0.25, 0.3) is 0 Å². The van der Waals surface area contributed by atoms with Crippen LogP contribution >= 0.6 is 0 Å². The predicted molar refractivity (Wildman–Crippen MR) is 125 cm³/mol. The van der Waals surface area contributed by atoms with Crippen molar-refractivity contribution >= 4 is 5.96 Å². The van der Waals surface area contributed by atoms with E-state index in [9.17, 15) is 0 Å². The lowest BCUT2D eigenvalue weighted by molar-refractivity contribution is 0.128. The van der Waals surface area contributed by atoms with E-state index in [1.807, 2.05) is 12.1 Å². The molecule has 0 amide bonds. The molecule has 2 aromatic rings. The van der Waals surface area contributed by atoms with E-state index in [1.165, 1.54) is 11.1 Å². The molecule has 0 saturated carbocycles. The van der Waals surface area contributed by atoms with Crippen molar-refractivity contribution in [3.05, 3.63) is 59.5 Å². The minimum Gasteiger partial charge on any atom is -0.469 e. The van der Waals surface area contributed by atoms with E-state index < -0.39 is 0 Å². The van der Waals surface area contributed by atoms with Crippen molar-refractivity contribution in [1.29, 1.82) is 0 Å². The molecule has 2 N–H and O–H groups in total. The van der Waals surface area contributed by atoms with Gasteiger partial charge in [-0.15, -0.1) is 0 Å². The first-order valence-corrected chi connectivity index (χ1v) is 11.7. The monoisotopic (exact) mass is 424 g/mol. The number of likely N-dealkylation sites (tertiary alicyclic amines) is 1. The lowest BCUT2D eigenvalue weighted by Crippen LogP contribution is -2.52. The van der Waals surface area contributed by atoms with Crippen LogP contribution < -0.4 is 10.6 Å². The number of hydrogen-bond donors (Lipinski definition) is 2. The first-order chi connectivity index (χ1) is 15.3. The van der Waals surface area contributed by atoms with E-state index >= 15 is 0 Å². The fourth-order valence-electron chi connectivity index (χ4n) is 4.59. The second-order valence-corrected chi connectivity index (χ2v) is 8.67. The van der Waals surface area contributed by atoms with Gasteiger partial charge in [-0.25, -0.2) is 0 Å². The van der Waals surface area contributed by atoms with E-state index in [0.29, 0.717) is 12.1 Å². The number of aryl methyl sites for hydroxylation is 1. The summed E-state index contributed by atoms with van der Waals surface area (Å²) in [5.74, 6) is 1.94. The van der Waals surface area contributed by atoms with Crippen molar-refractivity contribution in [2.24, 2.45) is 4.99 Å². The Bertz CT molecular complexity index is 813. The molecule has 1 saturated heterocycles. The maximum Gasteiger partial charge on any atom is 0.191 e. The third-order valence-corrected chi connectivity index (χ3v) is 6.44. The van der Waals surface area contributed by atoms with Gasteiger partial charge >= 0.3 is 0 Å².